The number of aryl methyl sites for hydroxylation is 1. The van der Waals surface area contributed by atoms with Crippen LogP contribution in [0.2, 0.25) is 0 Å². The summed E-state index contributed by atoms with van der Waals surface area (Å²) >= 11 is 0. The normalized spacial score (nSPS) is 12.0. The second-order valence-electron chi connectivity index (χ2n) is 7.66. The van der Waals surface area contributed by atoms with E-state index in [2.05, 4.69) is 79.5 Å². The zero-order valence-electron chi connectivity index (χ0n) is 18.5. The molecule has 158 valence electrons. The predicted molar refractivity (Wildman–Crippen MR) is 126 cm³/mol. The fourth-order valence-electron chi connectivity index (χ4n) is 3.55. The molecule has 2 heterocycles. The molecule has 0 aliphatic rings. The van der Waals surface area contributed by atoms with E-state index >= 15 is 0 Å². The van der Waals surface area contributed by atoms with Gasteiger partial charge in [-0.1, -0.05) is 57.7 Å². The summed E-state index contributed by atoms with van der Waals surface area (Å²) in [5, 5.41) is 7.01. The first-order valence-electron chi connectivity index (χ1n) is 10.8. The van der Waals surface area contributed by atoms with Crippen LogP contribution in [0.15, 0.2) is 61.6 Å². The van der Waals surface area contributed by atoms with Crippen molar-refractivity contribution in [2.75, 3.05) is 5.32 Å². The van der Waals surface area contributed by atoms with Gasteiger partial charge in [0.1, 0.15) is 5.82 Å². The van der Waals surface area contributed by atoms with E-state index in [0.717, 1.165) is 41.9 Å². The molecule has 0 aliphatic carbocycles. The molecule has 2 N–H and O–H groups in total. The van der Waals surface area contributed by atoms with Crippen LogP contribution in [0.4, 0.5) is 5.95 Å². The van der Waals surface area contributed by atoms with Crippen molar-refractivity contribution in [1.82, 2.24) is 19.9 Å². The van der Waals surface area contributed by atoms with E-state index in [1.807, 2.05) is 30.0 Å². The first kappa shape index (κ1) is 21.6. The summed E-state index contributed by atoms with van der Waals surface area (Å²) in [6, 6.07) is 13.2. The molecule has 1 aromatic carbocycles. The zero-order chi connectivity index (χ0) is 21.5. The Labute approximate surface area is 180 Å². The molecule has 0 fully saturated rings. The van der Waals surface area contributed by atoms with Gasteiger partial charge in [-0.15, -0.1) is 0 Å². The summed E-state index contributed by atoms with van der Waals surface area (Å²) in [6.07, 6.45) is 9.05. The lowest BCUT2D eigenvalue weighted by Gasteiger charge is -2.20. The van der Waals surface area contributed by atoms with Crippen molar-refractivity contribution >= 4 is 11.6 Å². The highest BCUT2D eigenvalue weighted by atomic mass is 15.2. The molecule has 0 radical (unpaired) electrons. The van der Waals surface area contributed by atoms with E-state index < -0.39 is 0 Å². The second-order valence-corrected chi connectivity index (χ2v) is 7.66. The molecule has 0 amide bonds. The Morgan fingerprint density at radius 1 is 1.07 bits per heavy atom. The largest absolute Gasteiger partial charge is 0.378 e. The maximum absolute atomic E-state index is 4.77. The quantitative estimate of drug-likeness (QED) is 0.443. The van der Waals surface area contributed by atoms with Crippen LogP contribution >= 0.6 is 0 Å². The highest BCUT2D eigenvalue weighted by Crippen LogP contribution is 2.22. The molecule has 5 heteroatoms. The average molecular weight is 404 g/mol. The third-order valence-corrected chi connectivity index (χ3v) is 5.51. The number of nitrogens with one attached hydrogen (secondary N) is 2. The number of hydrogen-bond acceptors (Lipinski definition) is 4. The molecule has 0 saturated heterocycles. The number of anilines is 1. The van der Waals surface area contributed by atoms with Crippen molar-refractivity contribution in [1.29, 1.82) is 0 Å². The van der Waals surface area contributed by atoms with Gasteiger partial charge in [-0.2, -0.15) is 4.98 Å². The third kappa shape index (κ3) is 5.09. The summed E-state index contributed by atoms with van der Waals surface area (Å²) in [6.45, 7) is 12.8. The Morgan fingerprint density at radius 3 is 2.47 bits per heavy atom. The third-order valence-electron chi connectivity index (χ3n) is 5.51. The summed E-state index contributed by atoms with van der Waals surface area (Å²) in [5.74, 6) is 1.55. The Bertz CT molecular complexity index is 957. The van der Waals surface area contributed by atoms with Crippen molar-refractivity contribution in [2.45, 2.75) is 59.0 Å². The standard InChI is InChI=1S/C25H33N5/c1-6-22(7-2)28-25-26-16-18(4)24(29-25)30-15-14-21(17-30)19(5)27-23(8-3)20-12-10-9-11-13-20/h9-17,22-23,27H,5-8H2,1-4H3,(H,26,28,29). The smallest absolute Gasteiger partial charge is 0.224 e. The van der Waals surface area contributed by atoms with Crippen LogP contribution in [0.5, 0.6) is 0 Å². The molecule has 5 nitrogen and oxygen atoms in total. The summed E-state index contributed by atoms with van der Waals surface area (Å²) in [4.78, 5) is 9.23. The minimum Gasteiger partial charge on any atom is -0.378 e. The van der Waals surface area contributed by atoms with E-state index in [-0.39, 0.29) is 6.04 Å². The highest BCUT2D eigenvalue weighted by Gasteiger charge is 2.13. The van der Waals surface area contributed by atoms with Crippen LogP contribution in [0.25, 0.3) is 11.5 Å². The minimum atomic E-state index is 0.235. The summed E-state index contributed by atoms with van der Waals surface area (Å²) in [7, 11) is 0. The van der Waals surface area contributed by atoms with Gasteiger partial charge in [0.05, 0.1) is 6.04 Å². The molecule has 3 rings (SSSR count). The van der Waals surface area contributed by atoms with E-state index in [0.29, 0.717) is 12.0 Å². The zero-order valence-corrected chi connectivity index (χ0v) is 18.5. The maximum Gasteiger partial charge on any atom is 0.224 e. The first-order valence-corrected chi connectivity index (χ1v) is 10.8. The number of benzene rings is 1. The molecule has 1 unspecified atom stereocenters. The Kier molecular flexibility index (Phi) is 7.28. The fraction of sp³-hybridized carbons (Fsp3) is 0.360. The van der Waals surface area contributed by atoms with Gasteiger partial charge in [0.2, 0.25) is 5.95 Å². The van der Waals surface area contributed by atoms with E-state index in [4.69, 9.17) is 4.98 Å². The molecular weight excluding hydrogens is 370 g/mol. The van der Waals surface area contributed by atoms with Crippen LogP contribution in [0.3, 0.4) is 0 Å². The molecular formula is C25H33N5. The van der Waals surface area contributed by atoms with Gasteiger partial charge in [0.25, 0.3) is 0 Å². The van der Waals surface area contributed by atoms with Gasteiger partial charge in [0.15, 0.2) is 0 Å². The SMILES string of the molecule is C=C(NC(CC)c1ccccc1)c1ccn(-c2nc(NC(CC)CC)ncc2C)c1. The van der Waals surface area contributed by atoms with Gasteiger partial charge in [-0.3, -0.25) is 0 Å². The van der Waals surface area contributed by atoms with Crippen LogP contribution in [-0.2, 0) is 0 Å². The first-order chi connectivity index (χ1) is 14.5. The van der Waals surface area contributed by atoms with Gasteiger partial charge >= 0.3 is 0 Å². The summed E-state index contributed by atoms with van der Waals surface area (Å²) < 4.78 is 2.04. The summed E-state index contributed by atoms with van der Waals surface area (Å²) in [5.41, 5.74) is 4.26. The molecule has 30 heavy (non-hydrogen) atoms. The van der Waals surface area contributed by atoms with E-state index in [9.17, 15) is 0 Å². The topological polar surface area (TPSA) is 54.8 Å². The van der Waals surface area contributed by atoms with Crippen molar-refractivity contribution in [3.05, 3.63) is 78.3 Å². The number of nitrogens with zero attached hydrogens (tertiary/aromatic N) is 3. The van der Waals surface area contributed by atoms with E-state index in [1.54, 1.807) is 0 Å². The molecule has 3 aromatic rings. The lowest BCUT2D eigenvalue weighted by atomic mass is 10.0. The van der Waals surface area contributed by atoms with Crippen molar-refractivity contribution in [3.8, 4) is 5.82 Å². The lowest BCUT2D eigenvalue weighted by molar-refractivity contribution is 0.614. The predicted octanol–water partition coefficient (Wildman–Crippen LogP) is 5.89. The van der Waals surface area contributed by atoms with Crippen LogP contribution < -0.4 is 10.6 Å². The Morgan fingerprint density at radius 2 is 1.80 bits per heavy atom. The van der Waals surface area contributed by atoms with Gasteiger partial charge in [-0.05, 0) is 37.8 Å². The molecule has 1 atom stereocenters. The monoisotopic (exact) mass is 403 g/mol. The molecule has 2 aromatic heterocycles. The lowest BCUT2D eigenvalue weighted by Crippen LogP contribution is -2.19. The minimum absolute atomic E-state index is 0.235. The van der Waals surface area contributed by atoms with Gasteiger partial charge in [0, 0.05) is 41.5 Å². The molecule has 0 bridgehead atoms. The number of hydrogen-bond donors (Lipinski definition) is 2. The molecule has 0 spiro atoms. The van der Waals surface area contributed by atoms with Crippen molar-refractivity contribution in [2.24, 2.45) is 0 Å². The van der Waals surface area contributed by atoms with Gasteiger partial charge < -0.3 is 15.2 Å². The van der Waals surface area contributed by atoms with Crippen LogP contribution in [0, 0.1) is 6.92 Å². The highest BCUT2D eigenvalue weighted by molar-refractivity contribution is 5.62. The van der Waals surface area contributed by atoms with Crippen molar-refractivity contribution < 1.29 is 0 Å². The molecule has 0 aliphatic heterocycles. The molecule has 0 saturated carbocycles. The van der Waals surface area contributed by atoms with Crippen molar-refractivity contribution in [3.63, 3.8) is 0 Å². The maximum atomic E-state index is 4.77. The number of aromatic nitrogens is 3. The van der Waals surface area contributed by atoms with E-state index in [1.165, 1.54) is 5.56 Å². The van der Waals surface area contributed by atoms with Crippen LogP contribution in [0.1, 0.15) is 62.8 Å². The Hall–Kier alpha value is -3.08. The van der Waals surface area contributed by atoms with Crippen LogP contribution in [-0.4, -0.2) is 20.6 Å². The van der Waals surface area contributed by atoms with Gasteiger partial charge in [-0.25, -0.2) is 4.98 Å². The Balaban J connectivity index is 1.78. The number of rotatable bonds is 10. The fourth-order valence-corrected chi connectivity index (χ4v) is 3.55. The average Bonchev–Trinajstić information content (AvgIpc) is 3.27. The second kappa shape index (κ2) is 10.1.